The van der Waals surface area contributed by atoms with E-state index in [9.17, 15) is 14.7 Å². The molecular formula is C26H27NO5. The van der Waals surface area contributed by atoms with E-state index in [1.165, 1.54) is 0 Å². The normalized spacial score (nSPS) is 18.2. The first-order valence-electron chi connectivity index (χ1n) is 11.0. The van der Waals surface area contributed by atoms with Crippen molar-refractivity contribution in [2.24, 2.45) is 5.92 Å². The summed E-state index contributed by atoms with van der Waals surface area (Å²) in [6.07, 6.45) is 6.77. The van der Waals surface area contributed by atoms with Crippen LogP contribution >= 0.6 is 0 Å². The first kappa shape index (κ1) is 21.8. The quantitative estimate of drug-likeness (QED) is 0.540. The Kier molecular flexibility index (Phi) is 6.71. The Balaban J connectivity index is 1.46. The number of esters is 1. The van der Waals surface area contributed by atoms with Gasteiger partial charge in [-0.2, -0.15) is 0 Å². The Labute approximate surface area is 187 Å². The number of likely N-dealkylation sites (tertiary alicyclic amines) is 1. The second kappa shape index (κ2) is 9.83. The number of benzene rings is 2. The number of rotatable bonds is 6. The number of hydrogen-bond donors (Lipinski definition) is 1. The molecule has 0 aliphatic carbocycles. The van der Waals surface area contributed by atoms with Gasteiger partial charge in [0, 0.05) is 6.54 Å². The molecule has 32 heavy (non-hydrogen) atoms. The van der Waals surface area contributed by atoms with Crippen LogP contribution in [-0.2, 0) is 16.1 Å². The van der Waals surface area contributed by atoms with Crippen molar-refractivity contribution < 1.29 is 24.2 Å². The number of Topliss-reactive ketones (excluding diaryl/α,β-unsaturated/α-hetero) is 1. The number of allylic oxidation sites excluding steroid dienone is 3. The predicted octanol–water partition coefficient (Wildman–Crippen LogP) is 4.34. The van der Waals surface area contributed by atoms with E-state index in [1.807, 2.05) is 43.3 Å². The number of carbonyl (C=O) groups is 2. The van der Waals surface area contributed by atoms with Crippen LogP contribution in [0.25, 0.3) is 6.08 Å². The van der Waals surface area contributed by atoms with Gasteiger partial charge >= 0.3 is 5.97 Å². The minimum atomic E-state index is -0.194. The van der Waals surface area contributed by atoms with E-state index in [4.69, 9.17) is 9.47 Å². The average Bonchev–Trinajstić information content (AvgIpc) is 3.13. The molecule has 1 N–H and O–H groups in total. The van der Waals surface area contributed by atoms with Gasteiger partial charge in [0.2, 0.25) is 5.78 Å². The van der Waals surface area contributed by atoms with Gasteiger partial charge in [-0.25, -0.2) is 0 Å². The number of phenolic OH excluding ortho intramolecular Hbond substituents is 1. The molecule has 0 unspecified atom stereocenters. The molecule has 0 atom stereocenters. The lowest BCUT2D eigenvalue weighted by Crippen LogP contribution is -2.36. The molecule has 2 heterocycles. The molecule has 2 aliphatic rings. The second-order valence-corrected chi connectivity index (χ2v) is 7.97. The van der Waals surface area contributed by atoms with Crippen LogP contribution in [0, 0.1) is 5.92 Å². The lowest BCUT2D eigenvalue weighted by Gasteiger charge is -2.31. The van der Waals surface area contributed by atoms with E-state index in [0.717, 1.165) is 5.56 Å². The molecule has 6 heteroatoms. The molecule has 4 rings (SSSR count). The topological polar surface area (TPSA) is 76.1 Å². The summed E-state index contributed by atoms with van der Waals surface area (Å²) in [6, 6.07) is 12.9. The third-order valence-electron chi connectivity index (χ3n) is 5.84. The van der Waals surface area contributed by atoms with Gasteiger partial charge in [0.15, 0.2) is 5.76 Å². The minimum Gasteiger partial charge on any atom is -0.507 e. The zero-order chi connectivity index (χ0) is 22.5. The zero-order valence-corrected chi connectivity index (χ0v) is 18.1. The fraction of sp³-hybridized carbons (Fsp3) is 0.308. The highest BCUT2D eigenvalue weighted by atomic mass is 16.5. The number of aromatic hydroxyl groups is 1. The Morgan fingerprint density at radius 2 is 1.94 bits per heavy atom. The summed E-state index contributed by atoms with van der Waals surface area (Å²) in [5.74, 6) is 0.347. The molecule has 0 bridgehead atoms. The molecule has 0 amide bonds. The first-order valence-corrected chi connectivity index (χ1v) is 11.0. The summed E-state index contributed by atoms with van der Waals surface area (Å²) in [5, 5.41) is 10.5. The molecule has 1 fully saturated rings. The van der Waals surface area contributed by atoms with Crippen LogP contribution in [-0.4, -0.2) is 41.5 Å². The number of carbonyl (C=O) groups excluding carboxylic acids is 2. The monoisotopic (exact) mass is 433 g/mol. The largest absolute Gasteiger partial charge is 0.507 e. The minimum absolute atomic E-state index is 0.0787. The number of ether oxygens (including phenoxy) is 2. The highest BCUT2D eigenvalue weighted by Gasteiger charge is 2.32. The molecule has 166 valence electrons. The van der Waals surface area contributed by atoms with Crippen molar-refractivity contribution in [2.45, 2.75) is 26.3 Å². The lowest BCUT2D eigenvalue weighted by molar-refractivity contribution is -0.149. The highest BCUT2D eigenvalue weighted by molar-refractivity contribution is 6.12. The average molecular weight is 434 g/mol. The Bertz CT molecular complexity index is 1050. The van der Waals surface area contributed by atoms with E-state index in [2.05, 4.69) is 4.90 Å². The number of phenols is 1. The van der Waals surface area contributed by atoms with Crippen molar-refractivity contribution in [3.8, 4) is 11.5 Å². The predicted molar refractivity (Wildman–Crippen MR) is 121 cm³/mol. The summed E-state index contributed by atoms with van der Waals surface area (Å²) in [5.41, 5.74) is 2.08. The first-order chi connectivity index (χ1) is 15.6. The van der Waals surface area contributed by atoms with Gasteiger partial charge in [0.05, 0.1) is 23.7 Å². The maximum absolute atomic E-state index is 12.8. The third kappa shape index (κ3) is 4.75. The van der Waals surface area contributed by atoms with Crippen molar-refractivity contribution in [3.63, 3.8) is 0 Å². The summed E-state index contributed by atoms with van der Waals surface area (Å²) in [6.45, 7) is 4.08. The number of nitrogens with zero attached hydrogens (tertiary/aromatic N) is 1. The van der Waals surface area contributed by atoms with Crippen molar-refractivity contribution in [3.05, 3.63) is 77.1 Å². The molecule has 0 saturated carbocycles. The smallest absolute Gasteiger partial charge is 0.309 e. The van der Waals surface area contributed by atoms with E-state index in [0.29, 0.717) is 56.0 Å². The molecule has 2 aromatic carbocycles. The van der Waals surface area contributed by atoms with E-state index in [1.54, 1.807) is 24.3 Å². The number of fused-ring (bicyclic) bond motifs is 1. The Morgan fingerprint density at radius 3 is 2.66 bits per heavy atom. The van der Waals surface area contributed by atoms with Gasteiger partial charge in [-0.1, -0.05) is 42.5 Å². The van der Waals surface area contributed by atoms with E-state index < -0.39 is 0 Å². The van der Waals surface area contributed by atoms with Gasteiger partial charge in [-0.05, 0) is 56.6 Å². The molecular weight excluding hydrogens is 406 g/mol. The van der Waals surface area contributed by atoms with Gasteiger partial charge in [-0.15, -0.1) is 0 Å². The standard InChI is InChI=1S/C26H27NO5/c1-2-31-26(30)19-13-15-27(16-14-19)17-21-22(28)12-11-20-24(29)23(32-25(20)21)10-6-9-18-7-4-3-5-8-18/h3-12,19,28H,2,13-17H2,1H3/b9-6+,23-10-. The molecule has 6 nitrogen and oxygen atoms in total. The van der Waals surface area contributed by atoms with Gasteiger partial charge in [0.25, 0.3) is 0 Å². The highest BCUT2D eigenvalue weighted by Crippen LogP contribution is 2.40. The Hall–Kier alpha value is -3.38. The second-order valence-electron chi connectivity index (χ2n) is 7.97. The number of ketones is 1. The summed E-state index contributed by atoms with van der Waals surface area (Å²) < 4.78 is 11.0. The fourth-order valence-electron chi connectivity index (χ4n) is 4.09. The molecule has 2 aliphatic heterocycles. The number of hydrogen-bond acceptors (Lipinski definition) is 6. The van der Waals surface area contributed by atoms with Crippen LogP contribution in [0.1, 0.15) is 41.3 Å². The zero-order valence-electron chi connectivity index (χ0n) is 18.1. The van der Waals surface area contributed by atoms with Crippen molar-refractivity contribution in [1.29, 1.82) is 0 Å². The van der Waals surface area contributed by atoms with Gasteiger partial charge in [0.1, 0.15) is 11.5 Å². The summed E-state index contributed by atoms with van der Waals surface area (Å²) in [4.78, 5) is 26.9. The van der Waals surface area contributed by atoms with Crippen LogP contribution in [0.15, 0.2) is 60.4 Å². The van der Waals surface area contributed by atoms with Crippen LogP contribution in [0.2, 0.25) is 0 Å². The van der Waals surface area contributed by atoms with Gasteiger partial charge < -0.3 is 14.6 Å². The molecule has 1 saturated heterocycles. The van der Waals surface area contributed by atoms with Crippen LogP contribution in [0.4, 0.5) is 0 Å². The van der Waals surface area contributed by atoms with E-state index >= 15 is 0 Å². The van der Waals surface area contributed by atoms with Crippen LogP contribution in [0.5, 0.6) is 11.5 Å². The SMILES string of the molecule is CCOC(=O)C1CCN(Cc2c(O)ccc3c2O/C(=C\C=C\c2ccccc2)C3=O)CC1. The van der Waals surface area contributed by atoms with E-state index in [-0.39, 0.29) is 29.2 Å². The Morgan fingerprint density at radius 1 is 1.19 bits per heavy atom. The maximum Gasteiger partial charge on any atom is 0.309 e. The molecule has 0 radical (unpaired) electrons. The van der Waals surface area contributed by atoms with Gasteiger partial charge in [-0.3, -0.25) is 14.5 Å². The molecule has 2 aromatic rings. The van der Waals surface area contributed by atoms with Crippen LogP contribution in [0.3, 0.4) is 0 Å². The summed E-state index contributed by atoms with van der Waals surface area (Å²) in [7, 11) is 0. The van der Waals surface area contributed by atoms with Crippen molar-refractivity contribution in [2.75, 3.05) is 19.7 Å². The third-order valence-corrected chi connectivity index (χ3v) is 5.84. The van der Waals surface area contributed by atoms with Crippen molar-refractivity contribution in [1.82, 2.24) is 4.90 Å². The molecule has 0 aromatic heterocycles. The molecule has 0 spiro atoms. The van der Waals surface area contributed by atoms with Crippen LogP contribution < -0.4 is 4.74 Å². The fourth-order valence-corrected chi connectivity index (χ4v) is 4.09. The number of piperidine rings is 1. The maximum atomic E-state index is 12.8. The van der Waals surface area contributed by atoms with Crippen molar-refractivity contribution >= 4 is 17.8 Å². The lowest BCUT2D eigenvalue weighted by atomic mass is 9.96. The summed E-state index contributed by atoms with van der Waals surface area (Å²) >= 11 is 0.